The fourth-order valence-electron chi connectivity index (χ4n) is 5.30. The molecule has 0 aliphatic heterocycles. The van der Waals surface area contributed by atoms with E-state index in [1.54, 1.807) is 6.26 Å². The number of carbonyl (C=O) groups excluding carboxylic acids is 1. The molecule has 3 nitrogen and oxygen atoms in total. The Balaban J connectivity index is 1.68. The van der Waals surface area contributed by atoms with Gasteiger partial charge in [0.25, 0.3) is 0 Å². The van der Waals surface area contributed by atoms with Gasteiger partial charge in [-0.15, -0.1) is 0 Å². The Morgan fingerprint density at radius 3 is 2.21 bits per heavy atom. The number of ketones is 1. The highest BCUT2D eigenvalue weighted by atomic mass is 16.3. The van der Waals surface area contributed by atoms with E-state index in [-0.39, 0.29) is 11.7 Å². The Hall–Kier alpha value is -1.25. The molecule has 4 bridgehead atoms. The summed E-state index contributed by atoms with van der Waals surface area (Å²) in [6, 6.07) is 0. The molecule has 2 N–H and O–H groups in total. The van der Waals surface area contributed by atoms with Crippen LogP contribution in [0.25, 0.3) is 0 Å². The molecule has 1 heterocycles. The predicted octanol–water partition coefficient (Wildman–Crippen LogP) is 3.43. The maximum Gasteiger partial charge on any atom is 0.201 e. The molecule has 0 amide bonds. The van der Waals surface area contributed by atoms with E-state index in [1.807, 2.05) is 6.92 Å². The lowest BCUT2D eigenvalue weighted by Gasteiger charge is -2.53. The summed E-state index contributed by atoms with van der Waals surface area (Å²) < 4.78 is 5.22. The van der Waals surface area contributed by atoms with Crippen molar-refractivity contribution in [3.63, 3.8) is 0 Å². The lowest BCUT2D eigenvalue weighted by Crippen LogP contribution is -2.48. The van der Waals surface area contributed by atoms with Gasteiger partial charge in [-0.05, 0) is 62.7 Å². The van der Waals surface area contributed by atoms with Crippen LogP contribution in [0.2, 0.25) is 0 Å². The Morgan fingerprint density at radius 1 is 1.16 bits per heavy atom. The minimum atomic E-state index is 0.214. The number of rotatable bonds is 2. The molecule has 0 saturated heterocycles. The number of aryl methyl sites for hydroxylation is 1. The Bertz CT molecular complexity index is 483. The predicted molar refractivity (Wildman–Crippen MR) is 72.7 cm³/mol. The molecule has 0 radical (unpaired) electrons. The van der Waals surface area contributed by atoms with Gasteiger partial charge < -0.3 is 10.2 Å². The number of nitrogen functional groups attached to an aromatic ring is 1. The highest BCUT2D eigenvalue weighted by Crippen LogP contribution is 2.57. The van der Waals surface area contributed by atoms with Crippen molar-refractivity contribution in [2.24, 2.45) is 29.6 Å². The van der Waals surface area contributed by atoms with E-state index in [4.69, 9.17) is 10.2 Å². The SMILES string of the molecule is Cc1coc(N)c1C(=O)C1C2CC3CC(C2)CC1C3. The zero-order valence-electron chi connectivity index (χ0n) is 11.4. The van der Waals surface area contributed by atoms with Crippen molar-refractivity contribution in [2.75, 3.05) is 5.73 Å². The van der Waals surface area contributed by atoms with Gasteiger partial charge in [0.15, 0.2) is 5.78 Å². The topological polar surface area (TPSA) is 56.2 Å². The van der Waals surface area contributed by atoms with E-state index in [0.717, 1.165) is 17.4 Å². The Labute approximate surface area is 113 Å². The molecule has 4 fully saturated rings. The van der Waals surface area contributed by atoms with Crippen LogP contribution < -0.4 is 5.73 Å². The van der Waals surface area contributed by atoms with Crippen LogP contribution in [0.15, 0.2) is 10.7 Å². The van der Waals surface area contributed by atoms with Gasteiger partial charge in [-0.3, -0.25) is 4.79 Å². The first kappa shape index (κ1) is 11.6. The van der Waals surface area contributed by atoms with Crippen molar-refractivity contribution in [1.82, 2.24) is 0 Å². The van der Waals surface area contributed by atoms with Crippen LogP contribution >= 0.6 is 0 Å². The third-order valence-electron chi connectivity index (χ3n) is 5.78. The number of anilines is 1. The van der Waals surface area contributed by atoms with E-state index in [2.05, 4.69) is 0 Å². The highest BCUT2D eigenvalue weighted by Gasteiger charge is 2.51. The van der Waals surface area contributed by atoms with Crippen molar-refractivity contribution in [3.05, 3.63) is 17.4 Å². The normalized spacial score (nSPS) is 39.7. The van der Waals surface area contributed by atoms with Gasteiger partial charge in [-0.25, -0.2) is 0 Å². The second kappa shape index (κ2) is 3.87. The van der Waals surface area contributed by atoms with Crippen molar-refractivity contribution >= 4 is 11.7 Å². The Morgan fingerprint density at radius 2 is 1.74 bits per heavy atom. The number of hydrogen-bond acceptors (Lipinski definition) is 3. The van der Waals surface area contributed by atoms with Crippen LogP contribution in [0.1, 0.15) is 48.0 Å². The average Bonchev–Trinajstić information content (AvgIpc) is 2.67. The standard InChI is InChI=1S/C16H21NO2/c1-8-7-19-16(17)13(8)15(18)14-11-3-9-2-10(5-11)6-12(14)4-9/h7,9-12,14H,2-6,17H2,1H3. The molecular formula is C16H21NO2. The zero-order chi connectivity index (χ0) is 13.1. The maximum atomic E-state index is 12.9. The average molecular weight is 259 g/mol. The van der Waals surface area contributed by atoms with Crippen molar-refractivity contribution in [1.29, 1.82) is 0 Å². The largest absolute Gasteiger partial charge is 0.448 e. The summed E-state index contributed by atoms with van der Waals surface area (Å²) in [7, 11) is 0. The van der Waals surface area contributed by atoms with E-state index >= 15 is 0 Å². The van der Waals surface area contributed by atoms with Crippen LogP contribution in [0, 0.1) is 36.5 Å². The summed E-state index contributed by atoms with van der Waals surface area (Å²) in [4.78, 5) is 12.9. The van der Waals surface area contributed by atoms with E-state index < -0.39 is 0 Å². The van der Waals surface area contributed by atoms with Gasteiger partial charge in [0, 0.05) is 11.5 Å². The molecule has 1 aromatic heterocycles. The summed E-state index contributed by atoms with van der Waals surface area (Å²) in [6.07, 6.45) is 8.08. The van der Waals surface area contributed by atoms with Crippen LogP contribution in [0.4, 0.5) is 5.88 Å². The number of hydrogen-bond donors (Lipinski definition) is 1. The molecule has 0 spiro atoms. The van der Waals surface area contributed by atoms with Crippen LogP contribution in [-0.2, 0) is 0 Å². The van der Waals surface area contributed by atoms with Gasteiger partial charge in [0.05, 0.1) is 11.8 Å². The first-order valence-corrected chi connectivity index (χ1v) is 7.51. The molecule has 0 atom stereocenters. The lowest BCUT2D eigenvalue weighted by atomic mass is 9.51. The first-order chi connectivity index (χ1) is 9.13. The summed E-state index contributed by atoms with van der Waals surface area (Å²) in [5.74, 6) is 3.80. The van der Waals surface area contributed by atoms with Crippen molar-refractivity contribution in [2.45, 2.75) is 39.0 Å². The fourth-order valence-corrected chi connectivity index (χ4v) is 5.30. The molecule has 4 saturated carbocycles. The molecule has 4 aliphatic carbocycles. The summed E-state index contributed by atoms with van der Waals surface area (Å²) in [5, 5.41) is 0. The second-order valence-corrected chi connectivity index (χ2v) is 6.98. The molecule has 19 heavy (non-hydrogen) atoms. The number of furan rings is 1. The quantitative estimate of drug-likeness (QED) is 0.828. The van der Waals surface area contributed by atoms with Crippen LogP contribution in [-0.4, -0.2) is 5.78 Å². The third kappa shape index (κ3) is 1.60. The molecule has 0 aromatic carbocycles. The van der Waals surface area contributed by atoms with Gasteiger partial charge in [0.2, 0.25) is 5.88 Å². The molecule has 0 unspecified atom stereocenters. The number of Topliss-reactive ketones (excluding diaryl/α,β-unsaturated/α-hetero) is 1. The van der Waals surface area contributed by atoms with Gasteiger partial charge >= 0.3 is 0 Å². The van der Waals surface area contributed by atoms with Gasteiger partial charge in [-0.2, -0.15) is 0 Å². The number of carbonyl (C=O) groups is 1. The van der Waals surface area contributed by atoms with E-state index in [0.29, 0.717) is 23.3 Å². The minimum Gasteiger partial charge on any atom is -0.448 e. The van der Waals surface area contributed by atoms with Crippen molar-refractivity contribution < 1.29 is 9.21 Å². The first-order valence-electron chi connectivity index (χ1n) is 7.51. The summed E-state index contributed by atoms with van der Waals surface area (Å²) in [5.41, 5.74) is 7.41. The molecule has 3 heteroatoms. The smallest absolute Gasteiger partial charge is 0.201 e. The number of nitrogens with two attached hydrogens (primary N) is 1. The van der Waals surface area contributed by atoms with Crippen LogP contribution in [0.5, 0.6) is 0 Å². The molecule has 5 rings (SSSR count). The third-order valence-corrected chi connectivity index (χ3v) is 5.78. The Kier molecular flexibility index (Phi) is 2.36. The van der Waals surface area contributed by atoms with Crippen molar-refractivity contribution in [3.8, 4) is 0 Å². The molecule has 4 aliphatic rings. The van der Waals surface area contributed by atoms with E-state index in [1.165, 1.54) is 32.1 Å². The molecule has 102 valence electrons. The highest BCUT2D eigenvalue weighted by molar-refractivity contribution is 6.03. The monoisotopic (exact) mass is 259 g/mol. The van der Waals surface area contributed by atoms with Gasteiger partial charge in [-0.1, -0.05) is 0 Å². The van der Waals surface area contributed by atoms with Gasteiger partial charge in [0.1, 0.15) is 0 Å². The van der Waals surface area contributed by atoms with Crippen LogP contribution in [0.3, 0.4) is 0 Å². The summed E-state index contributed by atoms with van der Waals surface area (Å²) in [6.45, 7) is 1.92. The van der Waals surface area contributed by atoms with E-state index in [9.17, 15) is 4.79 Å². The fraction of sp³-hybridized carbons (Fsp3) is 0.688. The second-order valence-electron chi connectivity index (χ2n) is 6.98. The molecular weight excluding hydrogens is 238 g/mol. The maximum absolute atomic E-state index is 12.9. The molecule has 1 aromatic rings. The summed E-state index contributed by atoms with van der Waals surface area (Å²) >= 11 is 0. The zero-order valence-corrected chi connectivity index (χ0v) is 11.4. The minimum absolute atomic E-state index is 0.214. The lowest BCUT2D eigenvalue weighted by molar-refractivity contribution is -0.0251.